The number of rotatable bonds is 5. The van der Waals surface area contributed by atoms with E-state index in [-0.39, 0.29) is 12.3 Å². The monoisotopic (exact) mass is 303 g/mol. The number of carbonyl (C=O) groups excluding carboxylic acids is 1. The van der Waals surface area contributed by atoms with Crippen molar-refractivity contribution in [3.8, 4) is 12.1 Å². The Balaban J connectivity index is 2.15. The highest BCUT2D eigenvalue weighted by Gasteiger charge is 2.20. The van der Waals surface area contributed by atoms with Crippen LogP contribution in [0.4, 0.5) is 5.69 Å². The number of nitrogens with zero attached hydrogens (tertiary/aromatic N) is 3. The van der Waals surface area contributed by atoms with E-state index < -0.39 is 5.92 Å². The largest absolute Gasteiger partial charge is 0.313 e. The maximum atomic E-state index is 12.6. The van der Waals surface area contributed by atoms with E-state index in [1.54, 1.807) is 29.2 Å². The van der Waals surface area contributed by atoms with Crippen molar-refractivity contribution in [1.82, 2.24) is 0 Å². The van der Waals surface area contributed by atoms with E-state index in [0.717, 1.165) is 11.3 Å². The van der Waals surface area contributed by atoms with E-state index in [0.29, 0.717) is 12.1 Å². The molecule has 0 heterocycles. The van der Waals surface area contributed by atoms with Gasteiger partial charge in [0.1, 0.15) is 0 Å². The molecule has 0 fully saturated rings. The van der Waals surface area contributed by atoms with Crippen molar-refractivity contribution in [2.45, 2.75) is 19.3 Å². The predicted octanol–water partition coefficient (Wildman–Crippen LogP) is 3.61. The molecule has 1 unspecified atom stereocenters. The van der Waals surface area contributed by atoms with Crippen LogP contribution in [0.3, 0.4) is 0 Å². The minimum Gasteiger partial charge on any atom is -0.313 e. The van der Waals surface area contributed by atoms with Gasteiger partial charge in [0, 0.05) is 18.7 Å². The third-order valence-corrected chi connectivity index (χ3v) is 3.66. The predicted molar refractivity (Wildman–Crippen MR) is 88.6 cm³/mol. The average molecular weight is 303 g/mol. The van der Waals surface area contributed by atoms with Crippen LogP contribution in [0, 0.1) is 22.7 Å². The lowest BCUT2D eigenvalue weighted by molar-refractivity contribution is -0.118. The quantitative estimate of drug-likeness (QED) is 0.847. The van der Waals surface area contributed by atoms with Gasteiger partial charge in [-0.25, -0.2) is 0 Å². The molecule has 0 aliphatic rings. The van der Waals surface area contributed by atoms with Crippen LogP contribution in [0.15, 0.2) is 54.6 Å². The van der Waals surface area contributed by atoms with Gasteiger partial charge in [-0.2, -0.15) is 10.5 Å². The molecule has 2 aromatic carbocycles. The summed E-state index contributed by atoms with van der Waals surface area (Å²) in [5.74, 6) is -0.609. The van der Waals surface area contributed by atoms with Gasteiger partial charge in [-0.3, -0.25) is 4.79 Å². The molecule has 0 saturated heterocycles. The zero-order valence-corrected chi connectivity index (χ0v) is 12.9. The summed E-state index contributed by atoms with van der Waals surface area (Å²) in [4.78, 5) is 14.2. The van der Waals surface area contributed by atoms with Gasteiger partial charge in [0.25, 0.3) is 0 Å². The first-order valence-electron chi connectivity index (χ1n) is 7.44. The molecule has 0 spiro atoms. The Hall–Kier alpha value is -3.11. The number of hydrogen-bond donors (Lipinski definition) is 0. The molecule has 0 radical (unpaired) electrons. The van der Waals surface area contributed by atoms with Crippen molar-refractivity contribution in [2.24, 2.45) is 0 Å². The summed E-state index contributed by atoms with van der Waals surface area (Å²) in [6, 6.07) is 20.5. The molecule has 2 rings (SSSR count). The first-order chi connectivity index (χ1) is 11.2. The second kappa shape index (κ2) is 7.77. The first kappa shape index (κ1) is 16.3. The van der Waals surface area contributed by atoms with Gasteiger partial charge < -0.3 is 4.90 Å². The molecule has 1 amide bonds. The fourth-order valence-electron chi connectivity index (χ4n) is 2.42. The van der Waals surface area contributed by atoms with Crippen molar-refractivity contribution >= 4 is 11.6 Å². The van der Waals surface area contributed by atoms with Gasteiger partial charge in [0.2, 0.25) is 5.91 Å². The number of anilines is 1. The smallest absolute Gasteiger partial charge is 0.228 e. The topological polar surface area (TPSA) is 67.9 Å². The fraction of sp³-hybridized carbons (Fsp3) is 0.211. The maximum Gasteiger partial charge on any atom is 0.228 e. The first-order valence-corrected chi connectivity index (χ1v) is 7.44. The molecular weight excluding hydrogens is 286 g/mol. The van der Waals surface area contributed by atoms with E-state index in [1.165, 1.54) is 0 Å². The van der Waals surface area contributed by atoms with Gasteiger partial charge in [0.05, 0.1) is 23.6 Å². The molecule has 0 saturated carbocycles. The number of hydrogen-bond acceptors (Lipinski definition) is 3. The maximum absolute atomic E-state index is 12.6. The molecule has 114 valence electrons. The third kappa shape index (κ3) is 3.96. The Morgan fingerprint density at radius 2 is 1.74 bits per heavy atom. The Kier molecular flexibility index (Phi) is 5.50. The van der Waals surface area contributed by atoms with Crippen molar-refractivity contribution in [1.29, 1.82) is 10.5 Å². The van der Waals surface area contributed by atoms with E-state index in [2.05, 4.69) is 6.07 Å². The number of nitriles is 2. The Bertz CT molecular complexity index is 739. The molecule has 4 heteroatoms. The Labute approximate surface area is 136 Å². The van der Waals surface area contributed by atoms with Crippen LogP contribution in [-0.4, -0.2) is 12.5 Å². The summed E-state index contributed by atoms with van der Waals surface area (Å²) in [5.41, 5.74) is 2.12. The summed E-state index contributed by atoms with van der Waals surface area (Å²) in [5, 5.41) is 18.2. The average Bonchev–Trinajstić information content (AvgIpc) is 2.61. The summed E-state index contributed by atoms with van der Waals surface area (Å²) in [6.07, 6.45) is 0.116. The molecule has 0 N–H and O–H groups in total. The highest BCUT2D eigenvalue weighted by molar-refractivity contribution is 5.94. The summed E-state index contributed by atoms with van der Waals surface area (Å²) in [6.45, 7) is 2.46. The summed E-state index contributed by atoms with van der Waals surface area (Å²) < 4.78 is 0. The van der Waals surface area contributed by atoms with Crippen LogP contribution in [0.25, 0.3) is 0 Å². The van der Waals surface area contributed by atoms with E-state index >= 15 is 0 Å². The second-order valence-electron chi connectivity index (χ2n) is 5.09. The van der Waals surface area contributed by atoms with Gasteiger partial charge in [0.15, 0.2) is 0 Å². The van der Waals surface area contributed by atoms with Crippen LogP contribution >= 0.6 is 0 Å². The Morgan fingerprint density at radius 3 is 2.26 bits per heavy atom. The molecule has 4 nitrogen and oxygen atoms in total. The molecular formula is C19H17N3O. The third-order valence-electron chi connectivity index (χ3n) is 3.66. The number of benzene rings is 2. The van der Waals surface area contributed by atoms with Crippen LogP contribution in [0.5, 0.6) is 0 Å². The fourth-order valence-corrected chi connectivity index (χ4v) is 2.42. The zero-order chi connectivity index (χ0) is 16.7. The lowest BCUT2D eigenvalue weighted by atomic mass is 9.95. The second-order valence-corrected chi connectivity index (χ2v) is 5.09. The lowest BCUT2D eigenvalue weighted by Crippen LogP contribution is -2.31. The molecule has 0 aromatic heterocycles. The zero-order valence-electron chi connectivity index (χ0n) is 12.9. The Morgan fingerprint density at radius 1 is 1.09 bits per heavy atom. The van der Waals surface area contributed by atoms with E-state index in [1.807, 2.05) is 43.3 Å². The number of para-hydroxylation sites is 1. The number of carbonyl (C=O) groups is 1. The van der Waals surface area contributed by atoms with Crippen molar-refractivity contribution in [3.63, 3.8) is 0 Å². The van der Waals surface area contributed by atoms with Gasteiger partial charge >= 0.3 is 0 Å². The van der Waals surface area contributed by atoms with Crippen LogP contribution in [0.1, 0.15) is 30.4 Å². The minimum atomic E-state index is -0.520. The SMILES string of the molecule is CCN(C(=O)CC(C#N)c1ccc(C#N)cc1)c1ccccc1. The van der Waals surface area contributed by atoms with Gasteiger partial charge in [-0.05, 0) is 36.8 Å². The molecule has 2 aromatic rings. The van der Waals surface area contributed by atoms with Crippen molar-refractivity contribution < 1.29 is 4.79 Å². The van der Waals surface area contributed by atoms with Crippen LogP contribution in [-0.2, 0) is 4.79 Å². The van der Waals surface area contributed by atoms with Crippen molar-refractivity contribution in [3.05, 3.63) is 65.7 Å². The molecule has 0 aliphatic heterocycles. The van der Waals surface area contributed by atoms with Gasteiger partial charge in [-0.15, -0.1) is 0 Å². The molecule has 0 bridgehead atoms. The minimum absolute atomic E-state index is 0.0883. The van der Waals surface area contributed by atoms with E-state index in [4.69, 9.17) is 5.26 Å². The van der Waals surface area contributed by atoms with Crippen LogP contribution < -0.4 is 4.90 Å². The normalized spacial score (nSPS) is 11.1. The standard InChI is InChI=1S/C19H17N3O/c1-2-22(18-6-4-3-5-7-18)19(23)12-17(14-21)16-10-8-15(13-20)9-11-16/h3-11,17H,2,12H2,1H3. The number of amides is 1. The lowest BCUT2D eigenvalue weighted by Gasteiger charge is -2.22. The molecule has 1 atom stereocenters. The van der Waals surface area contributed by atoms with Crippen LogP contribution in [0.2, 0.25) is 0 Å². The summed E-state index contributed by atoms with van der Waals surface area (Å²) >= 11 is 0. The highest BCUT2D eigenvalue weighted by atomic mass is 16.2. The highest BCUT2D eigenvalue weighted by Crippen LogP contribution is 2.22. The van der Waals surface area contributed by atoms with Gasteiger partial charge in [-0.1, -0.05) is 30.3 Å². The molecule has 23 heavy (non-hydrogen) atoms. The molecule has 0 aliphatic carbocycles. The summed E-state index contributed by atoms with van der Waals surface area (Å²) in [7, 11) is 0. The van der Waals surface area contributed by atoms with Crippen molar-refractivity contribution in [2.75, 3.05) is 11.4 Å². The van der Waals surface area contributed by atoms with E-state index in [9.17, 15) is 10.1 Å².